The zero-order valence-corrected chi connectivity index (χ0v) is 41.3. The number of benzene rings is 2. The van der Waals surface area contributed by atoms with Crippen molar-refractivity contribution in [2.45, 2.75) is 70.0 Å². The first-order valence-corrected chi connectivity index (χ1v) is 25.9. The molecule has 20 nitrogen and oxygen atoms in total. The summed E-state index contributed by atoms with van der Waals surface area (Å²) in [6.45, 7) is 5.65. The van der Waals surface area contributed by atoms with E-state index in [1.165, 1.54) is 59.5 Å². The number of aliphatic hydroxyl groups excluding tert-OH is 1. The van der Waals surface area contributed by atoms with Gasteiger partial charge in [0, 0.05) is 62.1 Å². The van der Waals surface area contributed by atoms with Gasteiger partial charge in [0.15, 0.2) is 0 Å². The molecule has 69 heavy (non-hydrogen) atoms. The van der Waals surface area contributed by atoms with Crippen LogP contribution in [0.25, 0.3) is 0 Å². The minimum atomic E-state index is -3.38. The van der Waals surface area contributed by atoms with Crippen LogP contribution in [0.15, 0.2) is 48.8 Å². The van der Waals surface area contributed by atoms with Crippen molar-refractivity contribution in [3.63, 3.8) is 0 Å². The van der Waals surface area contributed by atoms with Crippen molar-refractivity contribution >= 4 is 66.7 Å². The van der Waals surface area contributed by atoms with Crippen LogP contribution in [0.4, 0.5) is 32.3 Å². The standard InChI is InChI=1S/C24H35FN6O5S.C20H25ClFN5O4S/c1-24(2,15-32)28-9-4-12-37(34,35)31-10-7-17(8-11-31)29-23-27-14-19(22(26)30-23)21(33)18-13-16(25)5-6-20(18)36-3;1-31-17-4-3-13(22)11-15(17)18(28)16-12-24-20(26-19(16)23)25-14-5-8-27(9-6-14)32(29,30)10-2-7-21/h5-6,13-14,17,28,32H,4,7-12,15H2,1-3H3,(H3,26,27,29,30);3-4,11-12,14H,2,5-10H2,1H3,(H3,23,24,25,26). The van der Waals surface area contributed by atoms with Gasteiger partial charge in [0.25, 0.3) is 0 Å². The summed E-state index contributed by atoms with van der Waals surface area (Å²) in [6.07, 6.45) is 5.69. The number of carbonyl (C=O) groups is 2. The van der Waals surface area contributed by atoms with E-state index in [4.69, 9.17) is 32.5 Å². The van der Waals surface area contributed by atoms with Crippen LogP contribution in [-0.4, -0.2) is 151 Å². The van der Waals surface area contributed by atoms with Crippen LogP contribution >= 0.6 is 11.6 Å². The number of ether oxygens (including phenoxy) is 2. The molecule has 0 aliphatic carbocycles. The minimum absolute atomic E-state index is 0.0139. The Kier molecular flexibility index (Phi) is 19.3. The summed E-state index contributed by atoms with van der Waals surface area (Å²) in [5.74, 6) is -1.15. The van der Waals surface area contributed by atoms with E-state index in [9.17, 15) is 40.3 Å². The van der Waals surface area contributed by atoms with Crippen molar-refractivity contribution in [1.29, 1.82) is 0 Å². The number of carbonyl (C=O) groups excluding carboxylic acids is 2. The quantitative estimate of drug-likeness (QED) is 0.0394. The zero-order chi connectivity index (χ0) is 50.5. The summed E-state index contributed by atoms with van der Waals surface area (Å²) in [5.41, 5.74) is 11.6. The van der Waals surface area contributed by atoms with E-state index >= 15 is 0 Å². The highest BCUT2D eigenvalue weighted by Gasteiger charge is 2.30. The van der Waals surface area contributed by atoms with Crippen LogP contribution in [0.1, 0.15) is 84.2 Å². The lowest BCUT2D eigenvalue weighted by atomic mass is 10.0. The molecule has 378 valence electrons. The number of hydrogen-bond acceptors (Lipinski definition) is 18. The molecule has 0 atom stereocenters. The predicted molar refractivity (Wildman–Crippen MR) is 259 cm³/mol. The summed E-state index contributed by atoms with van der Waals surface area (Å²) in [5, 5.41) is 18.7. The monoisotopic (exact) mass is 1020 g/mol. The van der Waals surface area contributed by atoms with Crippen molar-refractivity contribution < 1.29 is 49.8 Å². The van der Waals surface area contributed by atoms with Crippen LogP contribution in [-0.2, 0) is 20.0 Å². The third kappa shape index (κ3) is 15.1. The van der Waals surface area contributed by atoms with Gasteiger partial charge in [0.1, 0.15) is 34.8 Å². The molecule has 2 aromatic heterocycles. The van der Waals surface area contributed by atoms with Crippen molar-refractivity contribution in [3.05, 3.63) is 82.7 Å². The SMILES string of the molecule is COc1ccc(F)cc1C(=O)c1cnc(NC2CCN(S(=O)(=O)CCCCl)CC2)nc1N.COc1ccc(F)cc1C(=O)c1cnc(NC2CCN(S(=O)(=O)CCCNC(C)(C)CO)CC2)nc1N. The maximum absolute atomic E-state index is 13.7. The molecular weight excluding hydrogens is 964 g/mol. The Morgan fingerprint density at radius 1 is 0.739 bits per heavy atom. The van der Waals surface area contributed by atoms with E-state index in [0.717, 1.165) is 12.1 Å². The molecule has 2 aliphatic heterocycles. The summed E-state index contributed by atoms with van der Waals surface area (Å²) in [6, 6.07) is 7.13. The van der Waals surface area contributed by atoms with E-state index in [-0.39, 0.29) is 87.5 Å². The molecule has 0 saturated carbocycles. The molecule has 2 saturated heterocycles. The van der Waals surface area contributed by atoms with Gasteiger partial charge < -0.3 is 42.0 Å². The fourth-order valence-electron chi connectivity index (χ4n) is 7.44. The summed E-state index contributed by atoms with van der Waals surface area (Å²) >= 11 is 5.60. The molecule has 0 spiro atoms. The van der Waals surface area contributed by atoms with E-state index < -0.39 is 48.8 Å². The number of ketones is 2. The van der Waals surface area contributed by atoms with Crippen LogP contribution < -0.4 is 36.9 Å². The lowest BCUT2D eigenvalue weighted by Crippen LogP contribution is -2.45. The van der Waals surface area contributed by atoms with Crippen LogP contribution in [0.3, 0.4) is 0 Å². The molecule has 0 radical (unpaired) electrons. The van der Waals surface area contributed by atoms with Gasteiger partial charge >= 0.3 is 0 Å². The Hall–Kier alpha value is -5.37. The smallest absolute Gasteiger partial charge is 0.224 e. The first-order chi connectivity index (χ1) is 32.7. The number of alkyl halides is 1. The van der Waals surface area contributed by atoms with Gasteiger partial charge in [-0.05, 0) is 95.3 Å². The number of anilines is 4. The average molecular weight is 1020 g/mol. The molecular formula is C44H60ClF2N11O9S2. The molecule has 0 unspecified atom stereocenters. The molecule has 2 fully saturated rings. The first kappa shape index (κ1) is 54.6. The highest BCUT2D eigenvalue weighted by atomic mass is 35.5. The van der Waals surface area contributed by atoms with E-state index in [1.54, 1.807) is 0 Å². The fourth-order valence-corrected chi connectivity index (χ4v) is 10.8. The number of nitrogens with two attached hydrogens (primary N) is 2. The van der Waals surface area contributed by atoms with Crippen LogP contribution in [0.2, 0.25) is 0 Å². The molecule has 6 rings (SSSR count). The zero-order valence-electron chi connectivity index (χ0n) is 38.9. The molecule has 0 amide bonds. The number of rotatable bonds is 21. The van der Waals surface area contributed by atoms with E-state index in [0.29, 0.717) is 77.1 Å². The second kappa shape index (κ2) is 24.5. The van der Waals surface area contributed by atoms with E-state index in [2.05, 4.69) is 35.9 Å². The molecule has 2 aromatic carbocycles. The van der Waals surface area contributed by atoms with Gasteiger partial charge in [-0.15, -0.1) is 11.6 Å². The fraction of sp³-hybridized carbons (Fsp3) is 0.500. The molecule has 8 N–H and O–H groups in total. The maximum Gasteiger partial charge on any atom is 0.224 e. The van der Waals surface area contributed by atoms with E-state index in [1.807, 2.05) is 13.8 Å². The highest BCUT2D eigenvalue weighted by molar-refractivity contribution is 7.89. The number of aliphatic hydroxyl groups is 1. The number of nitrogens with zero attached hydrogens (tertiary/aromatic N) is 6. The normalized spacial score (nSPS) is 15.5. The third-order valence-electron chi connectivity index (χ3n) is 11.4. The Morgan fingerprint density at radius 3 is 1.51 bits per heavy atom. The van der Waals surface area contributed by atoms with Gasteiger partial charge in [0.05, 0.1) is 54.6 Å². The maximum atomic E-state index is 13.7. The number of halogens is 3. The lowest BCUT2D eigenvalue weighted by molar-refractivity contribution is 0.102. The Balaban J connectivity index is 0.000000260. The molecule has 2 aliphatic rings. The Bertz CT molecular complexity index is 2640. The van der Waals surface area contributed by atoms with Crippen molar-refractivity contribution in [2.24, 2.45) is 0 Å². The molecule has 0 bridgehead atoms. The molecule has 4 heterocycles. The van der Waals surface area contributed by atoms with Gasteiger partial charge in [-0.25, -0.2) is 44.2 Å². The van der Waals surface area contributed by atoms with Crippen molar-refractivity contribution in [3.8, 4) is 11.5 Å². The topological polar surface area (TPSA) is 287 Å². The minimum Gasteiger partial charge on any atom is -0.496 e. The Labute approximate surface area is 406 Å². The van der Waals surface area contributed by atoms with Gasteiger partial charge in [-0.1, -0.05) is 0 Å². The number of aromatic nitrogens is 4. The van der Waals surface area contributed by atoms with Crippen LogP contribution in [0.5, 0.6) is 11.5 Å². The highest BCUT2D eigenvalue weighted by Crippen LogP contribution is 2.27. The number of nitrogen functional groups attached to an aromatic ring is 2. The third-order valence-corrected chi connectivity index (χ3v) is 15.6. The number of hydrogen-bond donors (Lipinski definition) is 6. The summed E-state index contributed by atoms with van der Waals surface area (Å²) in [4.78, 5) is 42.4. The summed E-state index contributed by atoms with van der Waals surface area (Å²) in [7, 11) is -3.93. The van der Waals surface area contributed by atoms with Crippen molar-refractivity contribution in [1.82, 2.24) is 33.9 Å². The van der Waals surface area contributed by atoms with Gasteiger partial charge in [-0.3, -0.25) is 9.59 Å². The number of nitrogens with one attached hydrogen (secondary N) is 3. The molecule has 4 aromatic rings. The second-order valence-electron chi connectivity index (χ2n) is 17.0. The number of methoxy groups -OCH3 is 2. The van der Waals surface area contributed by atoms with Gasteiger partial charge in [-0.2, -0.15) is 9.97 Å². The van der Waals surface area contributed by atoms with Crippen LogP contribution in [0, 0.1) is 11.6 Å². The van der Waals surface area contributed by atoms with Gasteiger partial charge in [0.2, 0.25) is 43.5 Å². The lowest BCUT2D eigenvalue weighted by Gasteiger charge is -2.31. The second-order valence-corrected chi connectivity index (χ2v) is 21.5. The molecule has 25 heteroatoms. The average Bonchev–Trinajstić information content (AvgIpc) is 3.32. The predicted octanol–water partition coefficient (Wildman–Crippen LogP) is 3.67. The summed E-state index contributed by atoms with van der Waals surface area (Å²) < 4.78 is 90.5. The van der Waals surface area contributed by atoms with Crippen molar-refractivity contribution in [2.75, 3.05) is 93.0 Å². The Morgan fingerprint density at radius 2 is 1.14 bits per heavy atom. The largest absolute Gasteiger partial charge is 0.496 e. The first-order valence-electron chi connectivity index (χ1n) is 22.1. The number of sulfonamides is 2. The number of piperidine rings is 2.